The first kappa shape index (κ1) is 23.5. The fraction of sp³-hybridized carbons (Fsp3) is 0.400. The first-order valence-corrected chi connectivity index (χ1v) is 9.52. The van der Waals surface area contributed by atoms with Crippen LogP contribution in [0.2, 0.25) is 0 Å². The molecular weight excluding hydrogens is 406 g/mol. The Balaban J connectivity index is 0.000000513. The first-order valence-electron chi connectivity index (χ1n) is 9.52. The minimum atomic E-state index is -0.250. The van der Waals surface area contributed by atoms with Crippen LogP contribution in [0, 0.1) is 11.8 Å². The number of methoxy groups -OCH3 is 1. The zero-order chi connectivity index (χ0) is 22.6. The van der Waals surface area contributed by atoms with Crippen molar-refractivity contribution >= 4 is 24.7 Å². The Kier molecular flexibility index (Phi) is 9.14. The fourth-order valence-corrected chi connectivity index (χ4v) is 3.78. The van der Waals surface area contributed by atoms with Gasteiger partial charge >= 0.3 is 0 Å². The van der Waals surface area contributed by atoms with Gasteiger partial charge in [-0.3, -0.25) is 19.4 Å². The van der Waals surface area contributed by atoms with E-state index in [1.54, 1.807) is 19.5 Å². The van der Waals surface area contributed by atoms with Crippen molar-refractivity contribution in [3.05, 3.63) is 42.5 Å². The second-order valence-electron chi connectivity index (χ2n) is 6.80. The molecular formula is C20H25N5O6. The van der Waals surface area contributed by atoms with E-state index in [0.29, 0.717) is 24.9 Å². The summed E-state index contributed by atoms with van der Waals surface area (Å²) in [6.07, 6.45) is 6.08. The standard InChI is InChI=1S/C18H21N5O2.2CH2O2/c1-25-17-8-16(20-12-21-17)23-10-14-4-7-22(18(24)15(14)11-23)9-13-2-5-19-6-3-13;2*2-1-3/h2-3,5-6,8,12,14-15H,4,7,9-11H2,1H3;2*1H,(H,2,3). The molecule has 2 aliphatic rings. The molecule has 0 aromatic carbocycles. The Labute approximate surface area is 179 Å². The normalized spacial score (nSPS) is 19.2. The quantitative estimate of drug-likeness (QED) is 0.665. The van der Waals surface area contributed by atoms with Gasteiger partial charge in [0.2, 0.25) is 11.8 Å². The van der Waals surface area contributed by atoms with Crippen LogP contribution in [0.25, 0.3) is 0 Å². The molecule has 11 nitrogen and oxygen atoms in total. The highest BCUT2D eigenvalue weighted by molar-refractivity contribution is 5.81. The Bertz CT molecular complexity index is 847. The number of rotatable bonds is 4. The summed E-state index contributed by atoms with van der Waals surface area (Å²) in [5, 5.41) is 13.8. The SMILES string of the molecule is COc1cc(N2CC3CCN(Cc4ccncc4)C(=O)C3C2)ncn1.O=CO.O=CO. The van der Waals surface area contributed by atoms with E-state index in [1.165, 1.54) is 6.33 Å². The number of likely N-dealkylation sites (tertiary alicyclic amines) is 1. The van der Waals surface area contributed by atoms with Crippen LogP contribution < -0.4 is 9.64 Å². The van der Waals surface area contributed by atoms with Gasteiger partial charge in [-0.15, -0.1) is 0 Å². The first-order chi connectivity index (χ1) is 15.1. The molecule has 11 heteroatoms. The van der Waals surface area contributed by atoms with E-state index in [4.69, 9.17) is 24.5 Å². The summed E-state index contributed by atoms with van der Waals surface area (Å²) in [7, 11) is 1.59. The van der Waals surface area contributed by atoms with Crippen molar-refractivity contribution in [2.24, 2.45) is 11.8 Å². The number of pyridine rings is 1. The van der Waals surface area contributed by atoms with Crippen LogP contribution in [0.15, 0.2) is 36.9 Å². The molecule has 2 saturated heterocycles. The lowest BCUT2D eigenvalue weighted by atomic mass is 9.88. The average molecular weight is 431 g/mol. The van der Waals surface area contributed by atoms with Crippen molar-refractivity contribution in [2.75, 3.05) is 31.6 Å². The molecule has 0 radical (unpaired) electrons. The third-order valence-corrected chi connectivity index (χ3v) is 5.12. The molecule has 0 saturated carbocycles. The summed E-state index contributed by atoms with van der Waals surface area (Å²) < 4.78 is 5.18. The van der Waals surface area contributed by atoms with Crippen molar-refractivity contribution < 1.29 is 29.3 Å². The van der Waals surface area contributed by atoms with Crippen molar-refractivity contribution in [1.29, 1.82) is 0 Å². The van der Waals surface area contributed by atoms with Gasteiger partial charge in [-0.05, 0) is 30.0 Å². The van der Waals surface area contributed by atoms with Crippen LogP contribution in [-0.2, 0) is 20.9 Å². The van der Waals surface area contributed by atoms with Gasteiger partial charge in [0, 0.05) is 44.6 Å². The van der Waals surface area contributed by atoms with E-state index < -0.39 is 0 Å². The van der Waals surface area contributed by atoms with Gasteiger partial charge in [0.1, 0.15) is 12.1 Å². The number of amides is 1. The summed E-state index contributed by atoms with van der Waals surface area (Å²) in [5.74, 6) is 2.05. The summed E-state index contributed by atoms with van der Waals surface area (Å²) in [6.45, 7) is 2.53. The number of fused-ring (bicyclic) bond motifs is 1. The molecule has 166 valence electrons. The second kappa shape index (κ2) is 12.1. The maximum Gasteiger partial charge on any atom is 0.290 e. The Hall–Kier alpha value is -3.76. The number of hydrogen-bond acceptors (Lipinski definition) is 8. The van der Waals surface area contributed by atoms with Crippen LogP contribution in [0.1, 0.15) is 12.0 Å². The van der Waals surface area contributed by atoms with Crippen molar-refractivity contribution in [3.8, 4) is 5.88 Å². The summed E-state index contributed by atoms with van der Waals surface area (Å²) in [4.78, 5) is 46.2. The number of nitrogens with zero attached hydrogens (tertiary/aromatic N) is 5. The molecule has 2 aromatic heterocycles. The molecule has 1 amide bonds. The highest BCUT2D eigenvalue weighted by atomic mass is 16.5. The lowest BCUT2D eigenvalue weighted by Crippen LogP contribution is -2.44. The highest BCUT2D eigenvalue weighted by Gasteiger charge is 2.43. The fourth-order valence-electron chi connectivity index (χ4n) is 3.78. The van der Waals surface area contributed by atoms with E-state index in [-0.39, 0.29) is 24.8 Å². The van der Waals surface area contributed by atoms with Crippen LogP contribution in [0.5, 0.6) is 5.88 Å². The smallest absolute Gasteiger partial charge is 0.290 e. The molecule has 4 heterocycles. The molecule has 2 N–H and O–H groups in total. The molecule has 2 aliphatic heterocycles. The van der Waals surface area contributed by atoms with E-state index >= 15 is 0 Å². The van der Waals surface area contributed by atoms with Gasteiger partial charge in [-0.2, -0.15) is 0 Å². The number of piperidine rings is 1. The zero-order valence-corrected chi connectivity index (χ0v) is 17.1. The van der Waals surface area contributed by atoms with E-state index in [2.05, 4.69) is 19.9 Å². The molecule has 2 fully saturated rings. The molecule has 4 rings (SSSR count). The molecule has 0 spiro atoms. The van der Waals surface area contributed by atoms with Gasteiger partial charge < -0.3 is 24.7 Å². The van der Waals surface area contributed by atoms with Crippen LogP contribution in [0.3, 0.4) is 0 Å². The summed E-state index contributed by atoms with van der Waals surface area (Å²) >= 11 is 0. The number of anilines is 1. The van der Waals surface area contributed by atoms with E-state index in [9.17, 15) is 4.79 Å². The molecule has 31 heavy (non-hydrogen) atoms. The van der Waals surface area contributed by atoms with E-state index in [1.807, 2.05) is 23.1 Å². The average Bonchev–Trinajstić information content (AvgIpc) is 3.23. The van der Waals surface area contributed by atoms with Gasteiger partial charge in [-0.1, -0.05) is 0 Å². The maximum absolute atomic E-state index is 12.9. The maximum atomic E-state index is 12.9. The monoisotopic (exact) mass is 431 g/mol. The van der Waals surface area contributed by atoms with Crippen molar-refractivity contribution in [1.82, 2.24) is 19.9 Å². The predicted octanol–water partition coefficient (Wildman–Crippen LogP) is 0.767. The minimum absolute atomic E-state index is 0.0385. The second-order valence-corrected chi connectivity index (χ2v) is 6.80. The van der Waals surface area contributed by atoms with Crippen LogP contribution >= 0.6 is 0 Å². The number of carbonyl (C=O) groups is 3. The number of carbonyl (C=O) groups excluding carboxylic acids is 1. The zero-order valence-electron chi connectivity index (χ0n) is 17.1. The number of hydrogen-bond donors (Lipinski definition) is 2. The number of carboxylic acid groups (broad SMARTS) is 2. The molecule has 0 bridgehead atoms. The van der Waals surface area contributed by atoms with E-state index in [0.717, 1.165) is 30.9 Å². The largest absolute Gasteiger partial charge is 0.483 e. The molecule has 2 atom stereocenters. The van der Waals surface area contributed by atoms with Gasteiger partial charge in [0.25, 0.3) is 12.9 Å². The Morgan fingerprint density at radius 3 is 2.48 bits per heavy atom. The minimum Gasteiger partial charge on any atom is -0.483 e. The third kappa shape index (κ3) is 6.36. The van der Waals surface area contributed by atoms with Gasteiger partial charge in [-0.25, -0.2) is 9.97 Å². The van der Waals surface area contributed by atoms with Crippen LogP contribution in [0.4, 0.5) is 5.82 Å². The van der Waals surface area contributed by atoms with Crippen molar-refractivity contribution in [2.45, 2.75) is 13.0 Å². The third-order valence-electron chi connectivity index (χ3n) is 5.12. The molecule has 2 unspecified atom stereocenters. The molecule has 2 aromatic rings. The Morgan fingerprint density at radius 1 is 1.16 bits per heavy atom. The van der Waals surface area contributed by atoms with Crippen molar-refractivity contribution in [3.63, 3.8) is 0 Å². The topological polar surface area (TPSA) is 146 Å². The Morgan fingerprint density at radius 2 is 1.84 bits per heavy atom. The summed E-state index contributed by atoms with van der Waals surface area (Å²) in [6, 6.07) is 5.76. The summed E-state index contributed by atoms with van der Waals surface area (Å²) in [5.41, 5.74) is 1.12. The van der Waals surface area contributed by atoms with Gasteiger partial charge in [0.15, 0.2) is 0 Å². The number of aromatic nitrogens is 3. The molecule has 0 aliphatic carbocycles. The van der Waals surface area contributed by atoms with Crippen LogP contribution in [-0.4, -0.2) is 75.7 Å². The predicted molar refractivity (Wildman–Crippen MR) is 109 cm³/mol. The highest BCUT2D eigenvalue weighted by Crippen LogP contribution is 2.35. The lowest BCUT2D eigenvalue weighted by molar-refractivity contribution is -0.140. The van der Waals surface area contributed by atoms with Gasteiger partial charge in [0.05, 0.1) is 13.0 Å². The number of ether oxygens (including phenoxy) is 1. The lowest BCUT2D eigenvalue weighted by Gasteiger charge is -2.33.